The van der Waals surface area contributed by atoms with Crippen LogP contribution in [0.2, 0.25) is 0 Å². The fraction of sp³-hybridized carbons (Fsp3) is 0.308. The predicted octanol–water partition coefficient (Wildman–Crippen LogP) is 1.35. The second kappa shape index (κ2) is 8.25. The molecule has 3 N–H and O–H groups in total. The summed E-state index contributed by atoms with van der Waals surface area (Å²) in [7, 11) is 0. The van der Waals surface area contributed by atoms with E-state index < -0.39 is 36.1 Å². The quantitative estimate of drug-likeness (QED) is 0.626. The van der Waals surface area contributed by atoms with E-state index >= 15 is 0 Å². The fourth-order valence-electron chi connectivity index (χ4n) is 1.46. The first kappa shape index (κ1) is 17.0. The minimum Gasteiger partial charge on any atom is -0.481 e. The van der Waals surface area contributed by atoms with Crippen molar-refractivity contribution in [3.8, 4) is 0 Å². The summed E-state index contributed by atoms with van der Waals surface area (Å²) in [5, 5.41) is 19.4. The number of hydrogen-bond donors (Lipinski definition) is 3. The first-order chi connectivity index (χ1) is 9.90. The zero-order chi connectivity index (χ0) is 15.8. The van der Waals surface area contributed by atoms with Gasteiger partial charge in [0, 0.05) is 17.1 Å². The van der Waals surface area contributed by atoms with Crippen LogP contribution in [-0.4, -0.2) is 39.9 Å². The Morgan fingerprint density at radius 3 is 2.48 bits per heavy atom. The van der Waals surface area contributed by atoms with Crippen molar-refractivity contribution in [2.75, 3.05) is 5.75 Å². The minimum absolute atomic E-state index is 0.0393. The van der Waals surface area contributed by atoms with Gasteiger partial charge in [-0.25, -0.2) is 9.18 Å². The maximum absolute atomic E-state index is 13.3. The van der Waals surface area contributed by atoms with Crippen LogP contribution in [0.25, 0.3) is 0 Å². The first-order valence-corrected chi connectivity index (χ1v) is 7.00. The maximum atomic E-state index is 13.3. The summed E-state index contributed by atoms with van der Waals surface area (Å²) in [6.07, 6.45) is -0.732. The number of rotatable bonds is 8. The molecule has 0 aliphatic rings. The number of hydrogen-bond acceptors (Lipinski definition) is 4. The van der Waals surface area contributed by atoms with Gasteiger partial charge in [-0.05, 0) is 12.1 Å². The van der Waals surface area contributed by atoms with Crippen molar-refractivity contribution < 1.29 is 29.0 Å². The standard InChI is InChI=1S/C13H14FNO5S/c14-8-3-1-2-4-10(8)21-6-5-11(16)15-9(13(19)20)7-12(17)18/h1-4,9H,5-7H2,(H,15,16)(H,17,18)(H,19,20). The summed E-state index contributed by atoms with van der Waals surface area (Å²) < 4.78 is 13.3. The van der Waals surface area contributed by atoms with Gasteiger partial charge in [0.2, 0.25) is 5.91 Å². The number of carboxylic acids is 2. The Balaban J connectivity index is 2.41. The zero-order valence-corrected chi connectivity index (χ0v) is 11.7. The number of carboxylic acid groups (broad SMARTS) is 2. The Kier molecular flexibility index (Phi) is 6.67. The molecule has 1 atom stereocenters. The van der Waals surface area contributed by atoms with Crippen molar-refractivity contribution in [2.45, 2.75) is 23.8 Å². The fourth-order valence-corrected chi connectivity index (χ4v) is 2.34. The smallest absolute Gasteiger partial charge is 0.326 e. The van der Waals surface area contributed by atoms with Gasteiger partial charge in [-0.1, -0.05) is 12.1 Å². The van der Waals surface area contributed by atoms with Gasteiger partial charge in [-0.15, -0.1) is 11.8 Å². The highest BCUT2D eigenvalue weighted by Gasteiger charge is 2.22. The lowest BCUT2D eigenvalue weighted by molar-refractivity contribution is -0.147. The molecule has 0 aliphatic heterocycles. The highest BCUT2D eigenvalue weighted by Crippen LogP contribution is 2.21. The zero-order valence-electron chi connectivity index (χ0n) is 10.9. The van der Waals surface area contributed by atoms with E-state index in [-0.39, 0.29) is 12.2 Å². The van der Waals surface area contributed by atoms with Crippen LogP contribution in [0.15, 0.2) is 29.2 Å². The summed E-state index contributed by atoms with van der Waals surface area (Å²) in [6.45, 7) is 0. The van der Waals surface area contributed by atoms with Crippen molar-refractivity contribution in [2.24, 2.45) is 0 Å². The number of halogens is 1. The van der Waals surface area contributed by atoms with E-state index in [9.17, 15) is 18.8 Å². The molecule has 0 spiro atoms. The molecule has 0 bridgehead atoms. The molecule has 0 aromatic heterocycles. The first-order valence-electron chi connectivity index (χ1n) is 6.01. The second-order valence-electron chi connectivity index (χ2n) is 4.09. The SMILES string of the molecule is O=C(O)CC(NC(=O)CCSc1ccccc1F)C(=O)O. The normalized spacial score (nSPS) is 11.7. The third kappa shape index (κ3) is 6.26. The van der Waals surface area contributed by atoms with Crippen molar-refractivity contribution in [3.63, 3.8) is 0 Å². The van der Waals surface area contributed by atoms with E-state index in [1.807, 2.05) is 0 Å². The van der Waals surface area contributed by atoms with Crippen LogP contribution in [0.5, 0.6) is 0 Å². The summed E-state index contributed by atoms with van der Waals surface area (Å²) in [5.74, 6) is -3.45. The van der Waals surface area contributed by atoms with Gasteiger partial charge in [0.1, 0.15) is 11.9 Å². The van der Waals surface area contributed by atoms with Crippen LogP contribution < -0.4 is 5.32 Å². The van der Waals surface area contributed by atoms with Crippen LogP contribution in [0.4, 0.5) is 4.39 Å². The highest BCUT2D eigenvalue weighted by atomic mass is 32.2. The van der Waals surface area contributed by atoms with Gasteiger partial charge in [0.05, 0.1) is 6.42 Å². The number of thioether (sulfide) groups is 1. The van der Waals surface area contributed by atoms with Gasteiger partial charge >= 0.3 is 11.9 Å². The largest absolute Gasteiger partial charge is 0.481 e. The summed E-state index contributed by atoms with van der Waals surface area (Å²) >= 11 is 1.13. The molecule has 0 heterocycles. The van der Waals surface area contributed by atoms with Gasteiger partial charge in [-0.3, -0.25) is 9.59 Å². The van der Waals surface area contributed by atoms with E-state index in [1.165, 1.54) is 6.07 Å². The molecule has 1 aromatic rings. The number of aliphatic carboxylic acids is 2. The number of carbonyl (C=O) groups is 3. The van der Waals surface area contributed by atoms with Gasteiger partial charge < -0.3 is 15.5 Å². The van der Waals surface area contributed by atoms with Crippen LogP contribution in [0.3, 0.4) is 0 Å². The van der Waals surface area contributed by atoms with E-state index in [1.54, 1.807) is 18.2 Å². The average Bonchev–Trinajstić information content (AvgIpc) is 2.39. The van der Waals surface area contributed by atoms with Gasteiger partial charge in [0.25, 0.3) is 0 Å². The Hall–Kier alpha value is -2.09. The molecule has 0 radical (unpaired) electrons. The van der Waals surface area contributed by atoms with Gasteiger partial charge in [-0.2, -0.15) is 0 Å². The summed E-state index contributed by atoms with van der Waals surface area (Å²) in [6, 6.07) is 4.63. The third-order valence-electron chi connectivity index (χ3n) is 2.44. The van der Waals surface area contributed by atoms with E-state index in [4.69, 9.17) is 10.2 Å². The third-order valence-corrected chi connectivity index (χ3v) is 3.49. The van der Waals surface area contributed by atoms with Crippen LogP contribution in [-0.2, 0) is 14.4 Å². The lowest BCUT2D eigenvalue weighted by atomic mass is 10.2. The molecule has 1 aromatic carbocycles. The summed E-state index contributed by atoms with van der Waals surface area (Å²) in [4.78, 5) is 33.2. The molecule has 114 valence electrons. The molecule has 0 aliphatic carbocycles. The molecule has 1 unspecified atom stereocenters. The van der Waals surface area contributed by atoms with E-state index in [0.717, 1.165) is 11.8 Å². The van der Waals surface area contributed by atoms with Gasteiger partial charge in [0.15, 0.2) is 0 Å². The number of nitrogens with one attached hydrogen (secondary N) is 1. The molecule has 21 heavy (non-hydrogen) atoms. The molecule has 1 rings (SSSR count). The van der Waals surface area contributed by atoms with Crippen LogP contribution >= 0.6 is 11.8 Å². The van der Waals surface area contributed by atoms with Crippen molar-refractivity contribution in [1.82, 2.24) is 5.32 Å². The monoisotopic (exact) mass is 315 g/mol. The molecule has 0 saturated carbocycles. The number of carbonyl (C=O) groups excluding carboxylic acids is 1. The Labute approximate surface area is 124 Å². The van der Waals surface area contributed by atoms with Crippen molar-refractivity contribution in [3.05, 3.63) is 30.1 Å². The number of benzene rings is 1. The number of amides is 1. The van der Waals surface area contributed by atoms with E-state index in [2.05, 4.69) is 5.32 Å². The molecule has 0 saturated heterocycles. The molecule has 6 nitrogen and oxygen atoms in total. The second-order valence-corrected chi connectivity index (χ2v) is 5.22. The highest BCUT2D eigenvalue weighted by molar-refractivity contribution is 7.99. The molecule has 0 fully saturated rings. The predicted molar refractivity (Wildman–Crippen MR) is 73.6 cm³/mol. The summed E-state index contributed by atoms with van der Waals surface area (Å²) in [5.41, 5.74) is 0. The average molecular weight is 315 g/mol. The minimum atomic E-state index is -1.46. The lowest BCUT2D eigenvalue weighted by Crippen LogP contribution is -2.42. The Morgan fingerprint density at radius 1 is 1.24 bits per heavy atom. The molecule has 8 heteroatoms. The molecule has 1 amide bonds. The van der Waals surface area contributed by atoms with E-state index in [0.29, 0.717) is 4.90 Å². The lowest BCUT2D eigenvalue weighted by Gasteiger charge is -2.12. The van der Waals surface area contributed by atoms with Crippen LogP contribution in [0.1, 0.15) is 12.8 Å². The van der Waals surface area contributed by atoms with Crippen molar-refractivity contribution in [1.29, 1.82) is 0 Å². The Morgan fingerprint density at radius 2 is 1.90 bits per heavy atom. The topological polar surface area (TPSA) is 104 Å². The maximum Gasteiger partial charge on any atom is 0.326 e. The van der Waals surface area contributed by atoms with Crippen molar-refractivity contribution >= 4 is 29.6 Å². The van der Waals surface area contributed by atoms with Crippen LogP contribution in [0, 0.1) is 5.82 Å². The molecular weight excluding hydrogens is 301 g/mol. The molecular formula is C13H14FNO5S. The Bertz CT molecular complexity index is 537.